The summed E-state index contributed by atoms with van der Waals surface area (Å²) in [6.07, 6.45) is 9.13. The molecule has 8 heteroatoms. The highest BCUT2D eigenvalue weighted by Gasteiger charge is 2.20. The Morgan fingerprint density at radius 1 is 1.30 bits per heavy atom. The number of nitrogens with one attached hydrogen (secondary N) is 1. The molecule has 4 heterocycles. The maximum Gasteiger partial charge on any atom is 0.266 e. The minimum Gasteiger partial charge on any atom is -0.367 e. The number of hydrogen-bond acceptors (Lipinski definition) is 6. The van der Waals surface area contributed by atoms with Gasteiger partial charge in [-0.1, -0.05) is 6.92 Å². The average molecular weight is 382 g/mol. The maximum absolute atomic E-state index is 12.4. The molecule has 1 fully saturated rings. The van der Waals surface area contributed by atoms with Crippen molar-refractivity contribution < 1.29 is 4.79 Å². The number of rotatable bonds is 4. The lowest BCUT2D eigenvalue weighted by molar-refractivity contribution is 0.103. The second-order valence-electron chi connectivity index (χ2n) is 6.96. The highest BCUT2D eigenvalue weighted by molar-refractivity contribution is 7.12. The minimum atomic E-state index is -0.116. The first-order valence-electron chi connectivity index (χ1n) is 9.07. The van der Waals surface area contributed by atoms with Gasteiger partial charge in [-0.25, -0.2) is 14.6 Å². The molecule has 0 aliphatic carbocycles. The van der Waals surface area contributed by atoms with Crippen molar-refractivity contribution in [1.82, 2.24) is 19.7 Å². The first-order valence-corrected chi connectivity index (χ1v) is 9.95. The van der Waals surface area contributed by atoms with Crippen molar-refractivity contribution >= 4 is 28.6 Å². The summed E-state index contributed by atoms with van der Waals surface area (Å²) >= 11 is 1.43. The molecule has 1 saturated heterocycles. The van der Waals surface area contributed by atoms with Gasteiger partial charge in [-0.2, -0.15) is 5.10 Å². The second-order valence-corrected chi connectivity index (χ2v) is 7.88. The van der Waals surface area contributed by atoms with E-state index in [4.69, 9.17) is 0 Å². The second kappa shape index (κ2) is 7.48. The van der Waals surface area contributed by atoms with Gasteiger partial charge in [0.25, 0.3) is 5.91 Å². The van der Waals surface area contributed by atoms with Gasteiger partial charge in [0, 0.05) is 13.1 Å². The van der Waals surface area contributed by atoms with Crippen LogP contribution < -0.4 is 10.2 Å². The van der Waals surface area contributed by atoms with E-state index >= 15 is 0 Å². The normalized spacial score (nSPS) is 15.1. The number of aromatic nitrogens is 4. The van der Waals surface area contributed by atoms with Crippen LogP contribution in [0.25, 0.3) is 5.82 Å². The molecule has 1 aliphatic heterocycles. The smallest absolute Gasteiger partial charge is 0.266 e. The zero-order valence-corrected chi connectivity index (χ0v) is 16.2. The van der Waals surface area contributed by atoms with Gasteiger partial charge < -0.3 is 10.2 Å². The van der Waals surface area contributed by atoms with Gasteiger partial charge in [0.2, 0.25) is 0 Å². The Morgan fingerprint density at radius 2 is 2.11 bits per heavy atom. The van der Waals surface area contributed by atoms with Gasteiger partial charge in [0.15, 0.2) is 5.82 Å². The molecule has 140 valence electrons. The van der Waals surface area contributed by atoms with Gasteiger partial charge in [0.1, 0.15) is 12.0 Å². The molecule has 1 aliphatic rings. The van der Waals surface area contributed by atoms with E-state index in [1.54, 1.807) is 17.1 Å². The molecule has 3 aromatic rings. The summed E-state index contributed by atoms with van der Waals surface area (Å²) in [5, 5.41) is 9.23. The first-order chi connectivity index (χ1) is 13.1. The summed E-state index contributed by atoms with van der Waals surface area (Å²) in [6, 6.07) is 1.94. The van der Waals surface area contributed by atoms with E-state index in [1.165, 1.54) is 17.7 Å². The fraction of sp³-hybridized carbons (Fsp3) is 0.368. The number of hydrogen-bond donors (Lipinski definition) is 1. The molecule has 1 N–H and O–H groups in total. The third-order valence-corrected chi connectivity index (χ3v) is 5.94. The Balaban J connectivity index is 1.55. The zero-order chi connectivity index (χ0) is 18.8. The Bertz CT molecular complexity index is 941. The number of carbonyl (C=O) groups is 1. The molecule has 1 amide bonds. The quantitative estimate of drug-likeness (QED) is 0.747. The molecule has 4 rings (SSSR count). The Labute approximate surface area is 162 Å². The van der Waals surface area contributed by atoms with E-state index in [9.17, 15) is 4.79 Å². The fourth-order valence-corrected chi connectivity index (χ4v) is 4.08. The summed E-state index contributed by atoms with van der Waals surface area (Å²) < 4.78 is 1.70. The van der Waals surface area contributed by atoms with Crippen LogP contribution in [0.1, 0.15) is 35.0 Å². The highest BCUT2D eigenvalue weighted by Crippen LogP contribution is 2.27. The molecule has 0 spiro atoms. The predicted molar refractivity (Wildman–Crippen MR) is 107 cm³/mol. The topological polar surface area (TPSA) is 75.9 Å². The number of aryl methyl sites for hydroxylation is 1. The van der Waals surface area contributed by atoms with Crippen molar-refractivity contribution in [1.29, 1.82) is 0 Å². The van der Waals surface area contributed by atoms with Gasteiger partial charge in [-0.15, -0.1) is 11.3 Å². The molecule has 0 unspecified atom stereocenters. The number of carbonyl (C=O) groups excluding carboxylic acids is 1. The van der Waals surface area contributed by atoms with Crippen LogP contribution in [0.5, 0.6) is 0 Å². The molecule has 3 aromatic heterocycles. The SMILES string of the molecule is Cc1ccsc1C(=O)Nc1cnn(-c2ncncc2N2CCC(C)CC2)c1. The van der Waals surface area contributed by atoms with E-state index in [2.05, 4.69) is 32.2 Å². The molecular formula is C19H22N6OS. The van der Waals surface area contributed by atoms with Crippen LogP contribution >= 0.6 is 11.3 Å². The fourth-order valence-electron chi connectivity index (χ4n) is 3.26. The van der Waals surface area contributed by atoms with Crippen molar-refractivity contribution in [2.75, 3.05) is 23.3 Å². The summed E-state index contributed by atoms with van der Waals surface area (Å²) in [6.45, 7) is 6.20. The largest absolute Gasteiger partial charge is 0.367 e. The number of nitrogens with zero attached hydrogens (tertiary/aromatic N) is 5. The van der Waals surface area contributed by atoms with Gasteiger partial charge >= 0.3 is 0 Å². The Morgan fingerprint density at radius 3 is 2.85 bits per heavy atom. The van der Waals surface area contributed by atoms with Crippen LogP contribution in [0.15, 0.2) is 36.4 Å². The van der Waals surface area contributed by atoms with Crippen molar-refractivity contribution in [2.24, 2.45) is 5.92 Å². The van der Waals surface area contributed by atoms with E-state index in [1.807, 2.05) is 24.6 Å². The van der Waals surface area contributed by atoms with Gasteiger partial charge in [0.05, 0.1) is 29.2 Å². The molecule has 0 atom stereocenters. The van der Waals surface area contributed by atoms with Crippen molar-refractivity contribution in [3.05, 3.63) is 46.8 Å². The van der Waals surface area contributed by atoms with Crippen molar-refractivity contribution in [2.45, 2.75) is 26.7 Å². The standard InChI is InChI=1S/C19H22N6OS/c1-13-3-6-24(7-4-13)16-10-20-12-21-18(16)25-11-15(9-22-25)23-19(26)17-14(2)5-8-27-17/h5,8-13H,3-4,6-7H2,1-2H3,(H,23,26). The van der Waals surface area contributed by atoms with Gasteiger partial charge in [-0.3, -0.25) is 4.79 Å². The molecule has 27 heavy (non-hydrogen) atoms. The molecule has 0 aromatic carbocycles. The number of thiophene rings is 1. The lowest BCUT2D eigenvalue weighted by Crippen LogP contribution is -2.33. The number of amides is 1. The monoisotopic (exact) mass is 382 g/mol. The summed E-state index contributed by atoms with van der Waals surface area (Å²) in [5.41, 5.74) is 2.59. The lowest BCUT2D eigenvalue weighted by Gasteiger charge is -2.32. The van der Waals surface area contributed by atoms with Crippen LogP contribution in [0, 0.1) is 12.8 Å². The molecular weight excluding hydrogens is 360 g/mol. The Kier molecular flexibility index (Phi) is 4.89. The van der Waals surface area contributed by atoms with Crippen LogP contribution in [0.4, 0.5) is 11.4 Å². The first kappa shape index (κ1) is 17.7. The minimum absolute atomic E-state index is 0.116. The third kappa shape index (κ3) is 3.71. The van der Waals surface area contributed by atoms with Crippen LogP contribution in [0.3, 0.4) is 0 Å². The summed E-state index contributed by atoms with van der Waals surface area (Å²) in [4.78, 5) is 24.1. The summed E-state index contributed by atoms with van der Waals surface area (Å²) in [7, 11) is 0. The highest BCUT2D eigenvalue weighted by atomic mass is 32.1. The predicted octanol–water partition coefficient (Wildman–Crippen LogP) is 3.52. The van der Waals surface area contributed by atoms with E-state index < -0.39 is 0 Å². The lowest BCUT2D eigenvalue weighted by atomic mass is 9.99. The third-order valence-electron chi connectivity index (χ3n) is 4.92. The molecule has 0 saturated carbocycles. The average Bonchev–Trinajstić information content (AvgIpc) is 3.31. The molecule has 0 bridgehead atoms. The number of anilines is 2. The summed E-state index contributed by atoms with van der Waals surface area (Å²) in [5.74, 6) is 1.36. The number of piperidine rings is 1. The van der Waals surface area contributed by atoms with Crippen LogP contribution in [-0.2, 0) is 0 Å². The van der Waals surface area contributed by atoms with Crippen LogP contribution in [-0.4, -0.2) is 38.7 Å². The molecule has 7 nitrogen and oxygen atoms in total. The van der Waals surface area contributed by atoms with E-state index in [0.717, 1.165) is 48.9 Å². The van der Waals surface area contributed by atoms with E-state index in [-0.39, 0.29) is 5.91 Å². The van der Waals surface area contributed by atoms with Crippen molar-refractivity contribution in [3.63, 3.8) is 0 Å². The van der Waals surface area contributed by atoms with Crippen LogP contribution in [0.2, 0.25) is 0 Å². The molecule has 0 radical (unpaired) electrons. The Hall–Kier alpha value is -2.74. The van der Waals surface area contributed by atoms with Gasteiger partial charge in [-0.05, 0) is 42.7 Å². The zero-order valence-electron chi connectivity index (χ0n) is 15.4. The van der Waals surface area contributed by atoms with E-state index in [0.29, 0.717) is 10.6 Å². The maximum atomic E-state index is 12.4. The van der Waals surface area contributed by atoms with Crippen molar-refractivity contribution in [3.8, 4) is 5.82 Å².